The minimum Gasteiger partial charge on any atom is -0.394 e. The van der Waals surface area contributed by atoms with Crippen LogP contribution in [0.2, 0.25) is 0 Å². The number of rotatable bonds is 3. The summed E-state index contributed by atoms with van der Waals surface area (Å²) in [6.45, 7) is 4.18. The summed E-state index contributed by atoms with van der Waals surface area (Å²) < 4.78 is 1.11. The number of hydrogen-bond acceptors (Lipinski definition) is 3. The molecule has 0 fully saturated rings. The highest BCUT2D eigenvalue weighted by Gasteiger charge is 2.23. The summed E-state index contributed by atoms with van der Waals surface area (Å²) in [5.74, 6) is 0. The molecular formula is C9H14BrNOS. The van der Waals surface area contributed by atoms with Crippen LogP contribution in [0.3, 0.4) is 0 Å². The number of nitrogens with zero attached hydrogens (tertiary/aromatic N) is 1. The molecule has 1 rings (SSSR count). The molecule has 0 saturated heterocycles. The Morgan fingerprint density at radius 3 is 2.54 bits per heavy atom. The van der Waals surface area contributed by atoms with Gasteiger partial charge in [-0.05, 0) is 41.9 Å². The van der Waals surface area contributed by atoms with Crippen LogP contribution in [0.25, 0.3) is 0 Å². The molecule has 0 aliphatic heterocycles. The van der Waals surface area contributed by atoms with Gasteiger partial charge in [0.1, 0.15) is 0 Å². The highest BCUT2D eigenvalue weighted by Crippen LogP contribution is 2.32. The molecule has 0 spiro atoms. The van der Waals surface area contributed by atoms with Crippen molar-refractivity contribution in [2.24, 2.45) is 0 Å². The lowest BCUT2D eigenvalue weighted by Crippen LogP contribution is -2.43. The van der Waals surface area contributed by atoms with E-state index in [1.165, 1.54) is 0 Å². The Morgan fingerprint density at radius 2 is 2.15 bits per heavy atom. The Labute approximate surface area is 91.3 Å². The first-order chi connectivity index (χ1) is 5.97. The molecular weight excluding hydrogens is 250 g/mol. The summed E-state index contributed by atoms with van der Waals surface area (Å²) in [6.07, 6.45) is 0. The van der Waals surface area contributed by atoms with Crippen LogP contribution in [0.4, 0.5) is 5.00 Å². The maximum absolute atomic E-state index is 9.18. The topological polar surface area (TPSA) is 23.5 Å². The molecule has 1 aromatic heterocycles. The number of likely N-dealkylation sites (N-methyl/N-ethyl adjacent to an activating group) is 1. The Morgan fingerprint density at radius 1 is 1.54 bits per heavy atom. The van der Waals surface area contributed by atoms with E-state index in [2.05, 4.69) is 20.8 Å². The molecule has 1 N–H and O–H groups in total. The van der Waals surface area contributed by atoms with Crippen LogP contribution in [-0.4, -0.2) is 24.3 Å². The molecule has 0 aliphatic rings. The highest BCUT2D eigenvalue weighted by atomic mass is 79.9. The van der Waals surface area contributed by atoms with E-state index in [4.69, 9.17) is 0 Å². The number of aliphatic hydroxyl groups excluding tert-OH is 1. The summed E-state index contributed by atoms with van der Waals surface area (Å²) in [6, 6.07) is 4.07. The molecule has 0 aromatic carbocycles. The third-order valence-corrected chi connectivity index (χ3v) is 3.88. The third-order valence-electron chi connectivity index (χ3n) is 2.18. The normalized spacial score (nSPS) is 11.8. The molecule has 0 atom stereocenters. The van der Waals surface area contributed by atoms with Gasteiger partial charge >= 0.3 is 0 Å². The van der Waals surface area contributed by atoms with Crippen molar-refractivity contribution in [1.82, 2.24) is 0 Å². The zero-order valence-electron chi connectivity index (χ0n) is 8.04. The van der Waals surface area contributed by atoms with Gasteiger partial charge in [0.25, 0.3) is 0 Å². The molecule has 0 saturated carbocycles. The summed E-state index contributed by atoms with van der Waals surface area (Å²) in [7, 11) is 1.99. The van der Waals surface area contributed by atoms with E-state index in [1.807, 2.05) is 33.0 Å². The smallest absolute Gasteiger partial charge is 0.0922 e. The highest BCUT2D eigenvalue weighted by molar-refractivity contribution is 9.11. The van der Waals surface area contributed by atoms with Crippen LogP contribution in [0.1, 0.15) is 13.8 Å². The Hall–Kier alpha value is -0.0600. The van der Waals surface area contributed by atoms with E-state index in [0.717, 1.165) is 8.79 Å². The predicted molar refractivity (Wildman–Crippen MR) is 61.6 cm³/mol. The second kappa shape index (κ2) is 3.98. The lowest BCUT2D eigenvalue weighted by atomic mass is 10.1. The maximum Gasteiger partial charge on any atom is 0.0922 e. The molecule has 0 unspecified atom stereocenters. The minimum absolute atomic E-state index is 0.152. The first-order valence-electron chi connectivity index (χ1n) is 4.07. The number of halogens is 1. The average molecular weight is 264 g/mol. The monoisotopic (exact) mass is 263 g/mol. The van der Waals surface area contributed by atoms with E-state index >= 15 is 0 Å². The van der Waals surface area contributed by atoms with Gasteiger partial charge in [0.2, 0.25) is 0 Å². The lowest BCUT2D eigenvalue weighted by Gasteiger charge is -2.34. The van der Waals surface area contributed by atoms with Gasteiger partial charge in [0.15, 0.2) is 0 Å². The Balaban J connectivity index is 2.84. The van der Waals surface area contributed by atoms with Crippen molar-refractivity contribution >= 4 is 32.3 Å². The molecule has 13 heavy (non-hydrogen) atoms. The van der Waals surface area contributed by atoms with Crippen LogP contribution >= 0.6 is 27.3 Å². The molecule has 1 aromatic rings. The standard InChI is InChI=1S/C9H14BrNOS/c1-9(2,6-12)11(3)8-5-4-7(10)13-8/h4-5,12H,6H2,1-3H3. The molecule has 0 bridgehead atoms. The van der Waals surface area contributed by atoms with Gasteiger partial charge in [0.05, 0.1) is 20.9 Å². The van der Waals surface area contributed by atoms with Crippen molar-refractivity contribution in [1.29, 1.82) is 0 Å². The molecule has 1 heterocycles. The minimum atomic E-state index is -0.204. The molecule has 74 valence electrons. The lowest BCUT2D eigenvalue weighted by molar-refractivity contribution is 0.216. The fraction of sp³-hybridized carbons (Fsp3) is 0.556. The summed E-state index contributed by atoms with van der Waals surface area (Å²) in [4.78, 5) is 2.09. The zero-order chi connectivity index (χ0) is 10.1. The molecule has 0 radical (unpaired) electrons. The summed E-state index contributed by atoms with van der Waals surface area (Å²) in [5, 5.41) is 10.3. The van der Waals surface area contributed by atoms with E-state index in [1.54, 1.807) is 11.3 Å². The SMILES string of the molecule is CN(c1ccc(Br)s1)C(C)(C)CO. The maximum atomic E-state index is 9.18. The molecule has 2 nitrogen and oxygen atoms in total. The molecule has 0 aliphatic carbocycles. The number of anilines is 1. The number of aliphatic hydroxyl groups is 1. The van der Waals surface area contributed by atoms with Crippen LogP contribution in [0, 0.1) is 0 Å². The van der Waals surface area contributed by atoms with E-state index in [0.29, 0.717) is 0 Å². The summed E-state index contributed by atoms with van der Waals surface area (Å²) >= 11 is 5.09. The Kier molecular flexibility index (Phi) is 3.38. The van der Waals surface area contributed by atoms with Crippen LogP contribution in [0.15, 0.2) is 15.9 Å². The summed E-state index contributed by atoms with van der Waals surface area (Å²) in [5.41, 5.74) is -0.204. The molecule has 0 amide bonds. The van der Waals surface area contributed by atoms with Crippen molar-refractivity contribution in [3.63, 3.8) is 0 Å². The molecule has 4 heteroatoms. The quantitative estimate of drug-likeness (QED) is 0.907. The number of hydrogen-bond donors (Lipinski definition) is 1. The fourth-order valence-electron chi connectivity index (χ4n) is 0.889. The number of thiophene rings is 1. The van der Waals surface area contributed by atoms with Gasteiger partial charge in [-0.2, -0.15) is 0 Å². The van der Waals surface area contributed by atoms with Gasteiger partial charge in [-0.1, -0.05) is 0 Å². The zero-order valence-corrected chi connectivity index (χ0v) is 10.4. The second-order valence-corrected chi connectivity index (χ2v) is 6.05. The van der Waals surface area contributed by atoms with Crippen molar-refractivity contribution < 1.29 is 5.11 Å². The van der Waals surface area contributed by atoms with Crippen LogP contribution in [0.5, 0.6) is 0 Å². The Bertz CT molecular complexity index is 285. The second-order valence-electron chi connectivity index (χ2n) is 3.61. The van der Waals surface area contributed by atoms with Crippen LogP contribution in [-0.2, 0) is 0 Å². The van der Waals surface area contributed by atoms with E-state index < -0.39 is 0 Å². The average Bonchev–Trinajstić information content (AvgIpc) is 2.50. The van der Waals surface area contributed by atoms with Crippen molar-refractivity contribution in [3.05, 3.63) is 15.9 Å². The third kappa shape index (κ3) is 2.45. The van der Waals surface area contributed by atoms with E-state index in [9.17, 15) is 5.11 Å². The van der Waals surface area contributed by atoms with E-state index in [-0.39, 0.29) is 12.1 Å². The van der Waals surface area contributed by atoms with Gasteiger partial charge in [-0.3, -0.25) is 0 Å². The fourth-order valence-corrected chi connectivity index (χ4v) is 2.38. The van der Waals surface area contributed by atoms with Gasteiger partial charge in [-0.25, -0.2) is 0 Å². The van der Waals surface area contributed by atoms with Crippen molar-refractivity contribution in [2.45, 2.75) is 19.4 Å². The van der Waals surface area contributed by atoms with Crippen LogP contribution < -0.4 is 4.90 Å². The van der Waals surface area contributed by atoms with Crippen molar-refractivity contribution in [2.75, 3.05) is 18.6 Å². The van der Waals surface area contributed by atoms with Gasteiger partial charge in [0, 0.05) is 7.05 Å². The van der Waals surface area contributed by atoms with Gasteiger partial charge < -0.3 is 10.0 Å². The first-order valence-corrected chi connectivity index (χ1v) is 5.68. The van der Waals surface area contributed by atoms with Crippen molar-refractivity contribution in [3.8, 4) is 0 Å². The largest absolute Gasteiger partial charge is 0.394 e. The first kappa shape index (κ1) is 11.0. The van der Waals surface area contributed by atoms with Gasteiger partial charge in [-0.15, -0.1) is 11.3 Å². The predicted octanol–water partition coefficient (Wildman–Crippen LogP) is 2.72.